The van der Waals surface area contributed by atoms with E-state index < -0.39 is 0 Å². The Bertz CT molecular complexity index is 1150. The van der Waals surface area contributed by atoms with Crippen LogP contribution < -0.4 is 14.2 Å². The molecule has 3 aromatic carbocycles. The minimum Gasteiger partial charge on any atom is -0.494 e. The Morgan fingerprint density at radius 2 is 1.74 bits per heavy atom. The molecule has 2 atom stereocenters. The van der Waals surface area contributed by atoms with Gasteiger partial charge in [0, 0.05) is 17.5 Å². The van der Waals surface area contributed by atoms with Gasteiger partial charge in [-0.3, -0.25) is 0 Å². The van der Waals surface area contributed by atoms with E-state index in [1.54, 1.807) is 6.08 Å². The third kappa shape index (κ3) is 4.51. The number of para-hydroxylation sites is 1. The van der Waals surface area contributed by atoms with Crippen LogP contribution in [0.25, 0.3) is 0 Å². The van der Waals surface area contributed by atoms with E-state index in [9.17, 15) is 0 Å². The topological polar surface area (TPSA) is 43.3 Å². The van der Waals surface area contributed by atoms with Gasteiger partial charge in [-0.2, -0.15) is 5.10 Å². The molecule has 0 aromatic heterocycles. The Morgan fingerprint density at radius 3 is 2.50 bits per heavy atom. The van der Waals surface area contributed by atoms with Crippen LogP contribution in [-0.2, 0) is 0 Å². The molecule has 0 fully saturated rings. The molecule has 34 heavy (non-hydrogen) atoms. The lowest BCUT2D eigenvalue weighted by Gasteiger charge is -2.38. The highest BCUT2D eigenvalue weighted by Crippen LogP contribution is 2.47. The molecule has 0 N–H and O–H groups in total. The van der Waals surface area contributed by atoms with Gasteiger partial charge in [-0.15, -0.1) is 0 Å². The number of benzene rings is 3. The summed E-state index contributed by atoms with van der Waals surface area (Å²) in [5, 5.41) is 7.15. The van der Waals surface area contributed by atoms with Gasteiger partial charge >= 0.3 is 0 Å². The monoisotopic (exact) mass is 454 g/mol. The van der Waals surface area contributed by atoms with Crippen molar-refractivity contribution in [3.63, 3.8) is 0 Å². The summed E-state index contributed by atoms with van der Waals surface area (Å²) in [7, 11) is 0. The Balaban J connectivity index is 1.42. The zero-order valence-electron chi connectivity index (χ0n) is 19.5. The van der Waals surface area contributed by atoms with Crippen molar-refractivity contribution in [1.29, 1.82) is 0 Å². The first-order chi connectivity index (χ1) is 16.8. The van der Waals surface area contributed by atoms with Crippen molar-refractivity contribution in [2.24, 2.45) is 5.10 Å². The highest BCUT2D eigenvalue weighted by molar-refractivity contribution is 6.02. The molecular formula is C29H30N2O3. The summed E-state index contributed by atoms with van der Waals surface area (Å²) in [6, 6.07) is 24.7. The predicted molar refractivity (Wildman–Crippen MR) is 135 cm³/mol. The minimum atomic E-state index is -0.294. The number of fused-ring (bicyclic) bond motifs is 3. The lowest BCUT2D eigenvalue weighted by molar-refractivity contribution is -0.0190. The molecule has 5 rings (SSSR count). The molecule has 0 saturated heterocycles. The second-order valence-corrected chi connectivity index (χ2v) is 8.55. The molecule has 5 heteroatoms. The molecule has 0 bridgehead atoms. The molecule has 2 aliphatic heterocycles. The van der Waals surface area contributed by atoms with Gasteiger partial charge in [0.1, 0.15) is 23.9 Å². The maximum atomic E-state index is 6.47. The standard InChI is InChI=1S/C29H30N2O3/c1-3-5-19-33-24-16-12-22(13-17-24)29-31-27(25-8-6-7-9-28(25)34-29)20-26(30-31)21-10-14-23(15-11-21)32-18-4-2/h4,6-17,27,29H,2-3,5,18-20H2,1H3/t27-,29-/m1/s1. The summed E-state index contributed by atoms with van der Waals surface area (Å²) in [6.07, 6.45) is 4.45. The maximum Gasteiger partial charge on any atom is 0.213 e. The van der Waals surface area contributed by atoms with Crippen molar-refractivity contribution < 1.29 is 14.2 Å². The fourth-order valence-electron chi connectivity index (χ4n) is 4.39. The van der Waals surface area contributed by atoms with Gasteiger partial charge < -0.3 is 14.2 Å². The van der Waals surface area contributed by atoms with E-state index in [0.29, 0.717) is 6.61 Å². The van der Waals surface area contributed by atoms with E-state index >= 15 is 0 Å². The average Bonchev–Trinajstić information content (AvgIpc) is 3.34. The fourth-order valence-corrected chi connectivity index (χ4v) is 4.39. The van der Waals surface area contributed by atoms with Crippen LogP contribution >= 0.6 is 0 Å². The molecule has 0 unspecified atom stereocenters. The van der Waals surface area contributed by atoms with Crippen molar-refractivity contribution in [2.45, 2.75) is 38.5 Å². The highest BCUT2D eigenvalue weighted by atomic mass is 16.5. The number of rotatable bonds is 9. The number of unbranched alkanes of at least 4 members (excludes halogenated alkanes) is 1. The first-order valence-electron chi connectivity index (χ1n) is 11.9. The van der Waals surface area contributed by atoms with Gasteiger partial charge in [0.25, 0.3) is 0 Å². The van der Waals surface area contributed by atoms with Gasteiger partial charge in [-0.05, 0) is 66.6 Å². The molecule has 0 aliphatic carbocycles. The van der Waals surface area contributed by atoms with Crippen LogP contribution in [0, 0.1) is 0 Å². The second kappa shape index (κ2) is 10.0. The maximum absolute atomic E-state index is 6.47. The lowest BCUT2D eigenvalue weighted by atomic mass is 9.96. The molecule has 174 valence electrons. The highest BCUT2D eigenvalue weighted by Gasteiger charge is 2.40. The zero-order chi connectivity index (χ0) is 23.3. The van der Waals surface area contributed by atoms with Crippen LogP contribution in [0.2, 0.25) is 0 Å². The first-order valence-corrected chi connectivity index (χ1v) is 11.9. The molecular weight excluding hydrogens is 424 g/mol. The van der Waals surface area contributed by atoms with E-state index in [-0.39, 0.29) is 12.3 Å². The molecule has 0 spiro atoms. The third-order valence-electron chi connectivity index (χ3n) is 6.19. The zero-order valence-corrected chi connectivity index (χ0v) is 19.5. The molecule has 0 amide bonds. The largest absolute Gasteiger partial charge is 0.494 e. The van der Waals surface area contributed by atoms with E-state index in [2.05, 4.69) is 54.9 Å². The van der Waals surface area contributed by atoms with Gasteiger partial charge in [-0.1, -0.05) is 44.2 Å². The summed E-state index contributed by atoms with van der Waals surface area (Å²) in [5.74, 6) is 2.63. The number of hydrogen-bond acceptors (Lipinski definition) is 5. The van der Waals surface area contributed by atoms with Gasteiger partial charge in [0.05, 0.1) is 18.4 Å². The van der Waals surface area contributed by atoms with E-state index in [0.717, 1.165) is 60.0 Å². The van der Waals surface area contributed by atoms with Crippen molar-refractivity contribution >= 4 is 5.71 Å². The Kier molecular flexibility index (Phi) is 6.52. The quantitative estimate of drug-likeness (QED) is 0.267. The summed E-state index contributed by atoms with van der Waals surface area (Å²) >= 11 is 0. The Morgan fingerprint density at radius 1 is 1.00 bits per heavy atom. The van der Waals surface area contributed by atoms with Crippen molar-refractivity contribution in [3.8, 4) is 17.2 Å². The van der Waals surface area contributed by atoms with Crippen LogP contribution in [0.3, 0.4) is 0 Å². The molecule has 0 saturated carbocycles. The Labute approximate surface area is 201 Å². The van der Waals surface area contributed by atoms with Gasteiger partial charge in [0.15, 0.2) is 0 Å². The summed E-state index contributed by atoms with van der Waals surface area (Å²) < 4.78 is 17.9. The number of ether oxygens (including phenoxy) is 3. The predicted octanol–water partition coefficient (Wildman–Crippen LogP) is 6.67. The van der Waals surface area contributed by atoms with E-state index in [1.807, 2.05) is 36.4 Å². The molecule has 2 heterocycles. The van der Waals surface area contributed by atoms with Gasteiger partial charge in [-0.25, -0.2) is 5.01 Å². The van der Waals surface area contributed by atoms with Gasteiger partial charge in [0.2, 0.25) is 6.23 Å². The van der Waals surface area contributed by atoms with Crippen LogP contribution in [0.5, 0.6) is 17.2 Å². The lowest BCUT2D eigenvalue weighted by Crippen LogP contribution is -2.33. The number of nitrogens with zero attached hydrogens (tertiary/aromatic N) is 2. The Hall–Kier alpha value is -3.73. The first kappa shape index (κ1) is 22.1. The molecule has 2 aliphatic rings. The smallest absolute Gasteiger partial charge is 0.213 e. The molecule has 5 nitrogen and oxygen atoms in total. The van der Waals surface area contributed by atoms with Crippen LogP contribution in [0.4, 0.5) is 0 Å². The third-order valence-corrected chi connectivity index (χ3v) is 6.19. The van der Waals surface area contributed by atoms with Crippen LogP contribution in [0.15, 0.2) is 90.6 Å². The number of hydrogen-bond donors (Lipinski definition) is 0. The number of hydrazone groups is 1. The van der Waals surface area contributed by atoms with E-state index in [1.165, 1.54) is 5.56 Å². The van der Waals surface area contributed by atoms with Crippen LogP contribution in [-0.4, -0.2) is 23.9 Å². The molecule has 0 radical (unpaired) electrons. The molecule has 3 aromatic rings. The van der Waals surface area contributed by atoms with Crippen molar-refractivity contribution in [3.05, 3.63) is 102 Å². The fraction of sp³-hybridized carbons (Fsp3) is 0.276. The van der Waals surface area contributed by atoms with Crippen molar-refractivity contribution in [1.82, 2.24) is 5.01 Å². The van der Waals surface area contributed by atoms with Crippen molar-refractivity contribution in [2.75, 3.05) is 13.2 Å². The van der Waals surface area contributed by atoms with Crippen LogP contribution in [0.1, 0.15) is 55.1 Å². The normalized spacial score (nSPS) is 18.4. The summed E-state index contributed by atoms with van der Waals surface area (Å²) in [4.78, 5) is 0. The summed E-state index contributed by atoms with van der Waals surface area (Å²) in [6.45, 7) is 7.10. The van der Waals surface area contributed by atoms with E-state index in [4.69, 9.17) is 19.3 Å². The second-order valence-electron chi connectivity index (χ2n) is 8.55. The summed E-state index contributed by atoms with van der Waals surface area (Å²) in [5.41, 5.74) is 4.37. The average molecular weight is 455 g/mol. The minimum absolute atomic E-state index is 0.127. The SMILES string of the molecule is C=CCOc1ccc(C2=NN3[C@H](C2)c2ccccc2O[C@@H]3c2ccc(OCCCC)cc2)cc1.